The Hall–Kier alpha value is -3.06. The maximum absolute atomic E-state index is 12.6. The lowest BCUT2D eigenvalue weighted by atomic mass is 10.1. The molecule has 0 saturated carbocycles. The second-order valence-corrected chi connectivity index (χ2v) is 6.67. The predicted molar refractivity (Wildman–Crippen MR) is 105 cm³/mol. The average molecular weight is 350 g/mol. The van der Waals surface area contributed by atoms with E-state index in [1.807, 2.05) is 30.3 Å². The maximum atomic E-state index is 12.6. The number of carbonyl (C=O) groups is 1. The molecule has 1 amide bonds. The topological polar surface area (TPSA) is 90.3 Å². The van der Waals surface area contributed by atoms with Gasteiger partial charge in [0.15, 0.2) is 5.69 Å². The van der Waals surface area contributed by atoms with Crippen molar-refractivity contribution in [3.8, 4) is 0 Å². The number of aromatic nitrogens is 2. The summed E-state index contributed by atoms with van der Waals surface area (Å²) in [6.45, 7) is 4.16. The van der Waals surface area contributed by atoms with Gasteiger partial charge in [-0.15, -0.1) is 0 Å². The molecular weight excluding hydrogens is 328 g/mol. The summed E-state index contributed by atoms with van der Waals surface area (Å²) in [7, 11) is 2.14. The molecule has 26 heavy (non-hydrogen) atoms. The number of nitrogens with two attached hydrogens (primary N) is 1. The number of H-pyrrole nitrogens is 1. The van der Waals surface area contributed by atoms with Gasteiger partial charge in [-0.25, -0.2) is 0 Å². The van der Waals surface area contributed by atoms with Crippen LogP contribution in [0, 0.1) is 0 Å². The van der Waals surface area contributed by atoms with Crippen molar-refractivity contribution >= 4 is 33.9 Å². The molecule has 3 aromatic rings. The molecular formula is C19H22N6O. The minimum Gasteiger partial charge on any atom is -0.399 e. The summed E-state index contributed by atoms with van der Waals surface area (Å²) in [5.41, 5.74) is 9.47. The van der Waals surface area contributed by atoms with Gasteiger partial charge >= 0.3 is 0 Å². The zero-order chi connectivity index (χ0) is 18.1. The first kappa shape index (κ1) is 16.4. The predicted octanol–water partition coefficient (Wildman–Crippen LogP) is 2.15. The van der Waals surface area contributed by atoms with E-state index >= 15 is 0 Å². The number of nitrogen functional groups attached to an aromatic ring is 1. The second-order valence-electron chi connectivity index (χ2n) is 6.67. The molecule has 7 nitrogen and oxygen atoms in total. The van der Waals surface area contributed by atoms with Crippen molar-refractivity contribution in [1.29, 1.82) is 0 Å². The van der Waals surface area contributed by atoms with Gasteiger partial charge in [-0.1, -0.05) is 0 Å². The lowest BCUT2D eigenvalue weighted by molar-refractivity contribution is 0.102. The summed E-state index contributed by atoms with van der Waals surface area (Å²) >= 11 is 0. The molecule has 2 heterocycles. The second kappa shape index (κ2) is 6.68. The Morgan fingerprint density at radius 2 is 1.85 bits per heavy atom. The van der Waals surface area contributed by atoms with Crippen LogP contribution in [-0.2, 0) is 0 Å². The fourth-order valence-electron chi connectivity index (χ4n) is 3.22. The van der Waals surface area contributed by atoms with Gasteiger partial charge in [-0.2, -0.15) is 5.10 Å². The monoisotopic (exact) mass is 350 g/mol. The molecule has 1 aliphatic rings. The molecule has 0 spiro atoms. The highest BCUT2D eigenvalue weighted by Gasteiger charge is 2.16. The normalized spacial score (nSPS) is 15.3. The van der Waals surface area contributed by atoms with E-state index in [1.165, 1.54) is 5.69 Å². The molecule has 0 aliphatic carbocycles. The highest BCUT2D eigenvalue weighted by atomic mass is 16.1. The summed E-state index contributed by atoms with van der Waals surface area (Å²) < 4.78 is 0. The molecule has 1 aromatic heterocycles. The first-order valence-electron chi connectivity index (χ1n) is 8.69. The number of rotatable bonds is 3. The van der Waals surface area contributed by atoms with Crippen LogP contribution in [-0.4, -0.2) is 54.2 Å². The zero-order valence-electron chi connectivity index (χ0n) is 14.7. The summed E-state index contributed by atoms with van der Waals surface area (Å²) in [5, 5.41) is 10.6. The van der Waals surface area contributed by atoms with E-state index in [1.54, 1.807) is 12.1 Å². The quantitative estimate of drug-likeness (QED) is 0.630. The van der Waals surface area contributed by atoms with Gasteiger partial charge in [-0.3, -0.25) is 9.89 Å². The highest BCUT2D eigenvalue weighted by Crippen LogP contribution is 2.22. The van der Waals surface area contributed by atoms with Crippen molar-refractivity contribution in [1.82, 2.24) is 15.1 Å². The van der Waals surface area contributed by atoms with Gasteiger partial charge in [0, 0.05) is 48.6 Å². The Morgan fingerprint density at radius 1 is 1.12 bits per heavy atom. The summed E-state index contributed by atoms with van der Waals surface area (Å²) in [6.07, 6.45) is 0. The van der Waals surface area contributed by atoms with E-state index in [4.69, 9.17) is 5.73 Å². The van der Waals surface area contributed by atoms with E-state index in [0.29, 0.717) is 11.4 Å². The van der Waals surface area contributed by atoms with Gasteiger partial charge in [-0.05, 0) is 49.5 Å². The van der Waals surface area contributed by atoms with Crippen LogP contribution in [0.4, 0.5) is 17.1 Å². The van der Waals surface area contributed by atoms with Crippen LogP contribution in [0.3, 0.4) is 0 Å². The largest absolute Gasteiger partial charge is 0.399 e. The first-order chi connectivity index (χ1) is 12.6. The smallest absolute Gasteiger partial charge is 0.276 e. The number of nitrogens with zero attached hydrogens (tertiary/aromatic N) is 3. The molecule has 0 atom stereocenters. The molecule has 2 aromatic carbocycles. The number of benzene rings is 2. The van der Waals surface area contributed by atoms with Crippen molar-refractivity contribution in [2.24, 2.45) is 0 Å². The maximum Gasteiger partial charge on any atom is 0.276 e. The van der Waals surface area contributed by atoms with Gasteiger partial charge in [0.25, 0.3) is 5.91 Å². The molecule has 0 bridgehead atoms. The summed E-state index contributed by atoms with van der Waals surface area (Å²) in [6, 6.07) is 13.3. The van der Waals surface area contributed by atoms with Crippen molar-refractivity contribution < 1.29 is 4.79 Å². The van der Waals surface area contributed by atoms with Crippen LogP contribution in [0.1, 0.15) is 10.5 Å². The van der Waals surface area contributed by atoms with Crippen LogP contribution in [0.5, 0.6) is 0 Å². The van der Waals surface area contributed by atoms with E-state index in [2.05, 4.69) is 32.4 Å². The molecule has 7 heteroatoms. The Balaban J connectivity index is 1.48. The number of hydrogen-bond donors (Lipinski definition) is 3. The third-order valence-corrected chi connectivity index (χ3v) is 4.80. The van der Waals surface area contributed by atoms with E-state index < -0.39 is 0 Å². The molecule has 134 valence electrons. The number of fused-ring (bicyclic) bond motifs is 1. The molecule has 1 fully saturated rings. The minimum atomic E-state index is -0.255. The number of piperazine rings is 1. The molecule has 1 saturated heterocycles. The van der Waals surface area contributed by atoms with Gasteiger partial charge < -0.3 is 20.9 Å². The average Bonchev–Trinajstić information content (AvgIpc) is 3.06. The lowest BCUT2D eigenvalue weighted by Gasteiger charge is -2.34. The third-order valence-electron chi connectivity index (χ3n) is 4.80. The molecule has 0 radical (unpaired) electrons. The van der Waals surface area contributed by atoms with E-state index in [9.17, 15) is 4.79 Å². The molecule has 1 aliphatic heterocycles. The van der Waals surface area contributed by atoms with Gasteiger partial charge in [0.05, 0.1) is 5.52 Å². The highest BCUT2D eigenvalue weighted by molar-refractivity contribution is 6.11. The first-order valence-corrected chi connectivity index (χ1v) is 8.69. The number of hydrogen-bond acceptors (Lipinski definition) is 5. The van der Waals surface area contributed by atoms with Crippen molar-refractivity contribution in [3.05, 3.63) is 48.2 Å². The van der Waals surface area contributed by atoms with Crippen LogP contribution in [0.25, 0.3) is 10.9 Å². The SMILES string of the molecule is CN1CCN(c2ccc(NC(=O)c3n[nH]c4ccc(N)cc34)cc2)CC1. The molecule has 0 unspecified atom stereocenters. The Bertz CT molecular complexity index is 925. The zero-order valence-corrected chi connectivity index (χ0v) is 14.7. The molecule has 4 rings (SSSR count). The van der Waals surface area contributed by atoms with Crippen molar-refractivity contribution in [2.75, 3.05) is 49.2 Å². The third kappa shape index (κ3) is 3.21. The van der Waals surface area contributed by atoms with Crippen LogP contribution in [0.2, 0.25) is 0 Å². The van der Waals surface area contributed by atoms with E-state index in [0.717, 1.165) is 42.8 Å². The van der Waals surface area contributed by atoms with Crippen LogP contribution >= 0.6 is 0 Å². The standard InChI is InChI=1S/C19H22N6O/c1-24-8-10-25(11-9-24)15-5-3-14(4-6-15)21-19(26)18-16-12-13(20)2-7-17(16)22-23-18/h2-7,12H,8-11,20H2,1H3,(H,21,26)(H,22,23). The number of likely N-dealkylation sites (N-methyl/N-ethyl adjacent to an activating group) is 1. The van der Waals surface area contributed by atoms with Gasteiger partial charge in [0.1, 0.15) is 0 Å². The summed E-state index contributed by atoms with van der Waals surface area (Å²) in [5.74, 6) is -0.255. The fraction of sp³-hybridized carbons (Fsp3) is 0.263. The van der Waals surface area contributed by atoms with E-state index in [-0.39, 0.29) is 5.91 Å². The Kier molecular flexibility index (Phi) is 4.22. The van der Waals surface area contributed by atoms with Crippen LogP contribution < -0.4 is 16.0 Å². The summed E-state index contributed by atoms with van der Waals surface area (Å²) in [4.78, 5) is 17.3. The number of carbonyl (C=O) groups excluding carboxylic acids is 1. The number of nitrogens with one attached hydrogen (secondary N) is 2. The minimum absolute atomic E-state index is 0.255. The number of anilines is 3. The number of amides is 1. The Labute approximate surface area is 151 Å². The lowest BCUT2D eigenvalue weighted by Crippen LogP contribution is -2.44. The van der Waals surface area contributed by atoms with Crippen molar-refractivity contribution in [3.63, 3.8) is 0 Å². The van der Waals surface area contributed by atoms with Crippen molar-refractivity contribution in [2.45, 2.75) is 0 Å². The number of aromatic amines is 1. The Morgan fingerprint density at radius 3 is 2.58 bits per heavy atom. The van der Waals surface area contributed by atoms with Crippen LogP contribution in [0.15, 0.2) is 42.5 Å². The van der Waals surface area contributed by atoms with Gasteiger partial charge in [0.2, 0.25) is 0 Å². The molecule has 4 N–H and O–H groups in total. The fourth-order valence-corrected chi connectivity index (χ4v) is 3.22.